The van der Waals surface area contributed by atoms with E-state index in [2.05, 4.69) is 9.88 Å². The molecule has 0 aliphatic rings. The summed E-state index contributed by atoms with van der Waals surface area (Å²) in [6, 6.07) is 5.92. The number of aromatic nitrogens is 1. The van der Waals surface area contributed by atoms with Gasteiger partial charge in [0.15, 0.2) is 0 Å². The fraction of sp³-hybridized carbons (Fsp3) is 0.533. The van der Waals surface area contributed by atoms with Gasteiger partial charge in [-0.25, -0.2) is 0 Å². The molecule has 21 heavy (non-hydrogen) atoms. The van der Waals surface area contributed by atoms with Gasteiger partial charge in [0, 0.05) is 57.8 Å². The highest BCUT2D eigenvalue weighted by Crippen LogP contribution is 1.99. The molecule has 0 saturated heterocycles. The van der Waals surface area contributed by atoms with E-state index in [1.54, 1.807) is 18.1 Å². The minimum absolute atomic E-state index is 0.121. The molecule has 1 rings (SSSR count). The van der Waals surface area contributed by atoms with Gasteiger partial charge in [-0.3, -0.25) is 9.78 Å². The van der Waals surface area contributed by atoms with Crippen molar-refractivity contribution in [1.29, 1.82) is 0 Å². The molecule has 0 fully saturated rings. The summed E-state index contributed by atoms with van der Waals surface area (Å²) in [7, 11) is 3.81. The van der Waals surface area contributed by atoms with E-state index < -0.39 is 0 Å². The molecular weight excluding hydrogens is 284 g/mol. The Morgan fingerprint density at radius 1 is 1.24 bits per heavy atom. The lowest BCUT2D eigenvalue weighted by molar-refractivity contribution is -0.130. The molecule has 2 N–H and O–H groups in total. The second kappa shape index (κ2) is 9.41. The molecule has 0 atom stereocenters. The molecule has 1 amide bonds. The Bertz CT molecular complexity index is 452. The Morgan fingerprint density at radius 3 is 2.62 bits per heavy atom. The molecular formula is C15H24N4OS. The van der Waals surface area contributed by atoms with Crippen LogP contribution < -0.4 is 5.73 Å². The number of likely N-dealkylation sites (N-methyl/N-ethyl adjacent to an activating group) is 1. The minimum Gasteiger partial charge on any atom is -0.393 e. The Balaban J connectivity index is 2.21. The first-order valence-electron chi connectivity index (χ1n) is 7.09. The lowest BCUT2D eigenvalue weighted by atomic mass is 10.2. The van der Waals surface area contributed by atoms with E-state index in [0.29, 0.717) is 24.4 Å². The third kappa shape index (κ3) is 7.72. The van der Waals surface area contributed by atoms with Crippen LogP contribution >= 0.6 is 12.2 Å². The Morgan fingerprint density at radius 2 is 2.00 bits per heavy atom. The van der Waals surface area contributed by atoms with Crippen molar-refractivity contribution in [3.63, 3.8) is 0 Å². The highest BCUT2D eigenvalue weighted by Gasteiger charge is 2.10. The zero-order chi connectivity index (χ0) is 15.7. The first-order valence-corrected chi connectivity index (χ1v) is 7.50. The van der Waals surface area contributed by atoms with Crippen molar-refractivity contribution in [2.75, 3.05) is 33.7 Å². The molecule has 0 bridgehead atoms. The average Bonchev–Trinajstić information content (AvgIpc) is 2.49. The molecule has 1 aromatic heterocycles. The molecule has 0 aromatic carbocycles. The van der Waals surface area contributed by atoms with Gasteiger partial charge in [0.1, 0.15) is 0 Å². The van der Waals surface area contributed by atoms with Crippen LogP contribution in [0.2, 0.25) is 0 Å². The molecule has 5 nitrogen and oxygen atoms in total. The van der Waals surface area contributed by atoms with E-state index in [-0.39, 0.29) is 5.91 Å². The van der Waals surface area contributed by atoms with Crippen LogP contribution in [0.1, 0.15) is 18.5 Å². The summed E-state index contributed by atoms with van der Waals surface area (Å²) in [5.41, 5.74) is 6.51. The molecule has 0 aliphatic heterocycles. The molecule has 1 heterocycles. The molecule has 1 aromatic rings. The number of thiocarbonyl (C=S) groups is 1. The topological polar surface area (TPSA) is 62.5 Å². The van der Waals surface area contributed by atoms with Crippen molar-refractivity contribution >= 4 is 23.1 Å². The average molecular weight is 308 g/mol. The lowest BCUT2D eigenvalue weighted by Gasteiger charge is -2.20. The molecule has 0 unspecified atom stereocenters. The van der Waals surface area contributed by atoms with E-state index >= 15 is 0 Å². The number of amides is 1. The number of hydrogen-bond acceptors (Lipinski definition) is 4. The van der Waals surface area contributed by atoms with Gasteiger partial charge >= 0.3 is 0 Å². The number of rotatable bonds is 9. The number of pyridine rings is 1. The molecule has 0 radical (unpaired) electrons. The normalized spacial score (nSPS) is 10.6. The molecule has 0 spiro atoms. The van der Waals surface area contributed by atoms with Crippen LogP contribution in [0.4, 0.5) is 0 Å². The molecule has 0 saturated carbocycles. The lowest BCUT2D eigenvalue weighted by Crippen LogP contribution is -2.33. The van der Waals surface area contributed by atoms with Crippen LogP contribution in [0.25, 0.3) is 0 Å². The van der Waals surface area contributed by atoms with Crippen LogP contribution in [-0.2, 0) is 11.2 Å². The van der Waals surface area contributed by atoms with Crippen molar-refractivity contribution in [3.05, 3.63) is 30.1 Å². The van der Waals surface area contributed by atoms with E-state index in [9.17, 15) is 4.79 Å². The van der Waals surface area contributed by atoms with Gasteiger partial charge in [-0.1, -0.05) is 18.3 Å². The Labute approximate surface area is 132 Å². The summed E-state index contributed by atoms with van der Waals surface area (Å²) in [5, 5.41) is 0. The third-order valence-electron chi connectivity index (χ3n) is 3.30. The standard InChI is InChI=1S/C15H24N4OS/c1-18(10-6-13-5-3-4-9-17-13)11-8-15(20)19(2)12-7-14(16)21/h3-5,9H,6-8,10-12H2,1-2H3,(H2,16,21). The predicted molar refractivity (Wildman–Crippen MR) is 89.1 cm³/mol. The van der Waals surface area contributed by atoms with Crippen LogP contribution in [-0.4, -0.2) is 59.4 Å². The summed E-state index contributed by atoms with van der Waals surface area (Å²) in [5.74, 6) is 0.121. The number of hydrogen-bond donors (Lipinski definition) is 1. The SMILES string of the molecule is CN(CCC(=O)N(C)CCC(N)=S)CCc1ccccn1. The van der Waals surface area contributed by atoms with Crippen LogP contribution in [0.5, 0.6) is 0 Å². The van der Waals surface area contributed by atoms with Crippen LogP contribution in [0.15, 0.2) is 24.4 Å². The fourth-order valence-corrected chi connectivity index (χ4v) is 1.93. The minimum atomic E-state index is 0.121. The van der Waals surface area contributed by atoms with Crippen molar-refractivity contribution < 1.29 is 4.79 Å². The summed E-state index contributed by atoms with van der Waals surface area (Å²) in [4.78, 5) is 20.5. The number of carbonyl (C=O) groups excluding carboxylic acids is 1. The molecule has 6 heteroatoms. The fourth-order valence-electron chi connectivity index (χ4n) is 1.84. The zero-order valence-corrected chi connectivity index (χ0v) is 13.6. The van der Waals surface area contributed by atoms with Gasteiger partial charge in [-0.05, 0) is 19.2 Å². The maximum Gasteiger partial charge on any atom is 0.223 e. The van der Waals surface area contributed by atoms with Crippen LogP contribution in [0.3, 0.4) is 0 Å². The van der Waals surface area contributed by atoms with Crippen molar-refractivity contribution in [1.82, 2.24) is 14.8 Å². The maximum absolute atomic E-state index is 11.9. The second-order valence-electron chi connectivity index (χ2n) is 5.16. The highest BCUT2D eigenvalue weighted by atomic mass is 32.1. The van der Waals surface area contributed by atoms with E-state index in [0.717, 1.165) is 25.2 Å². The smallest absolute Gasteiger partial charge is 0.223 e. The second-order valence-corrected chi connectivity index (χ2v) is 5.68. The number of nitrogens with two attached hydrogens (primary N) is 1. The van der Waals surface area contributed by atoms with Gasteiger partial charge in [0.2, 0.25) is 5.91 Å². The number of carbonyl (C=O) groups is 1. The molecule has 116 valence electrons. The Kier molecular flexibility index (Phi) is 7.85. The van der Waals surface area contributed by atoms with E-state index in [4.69, 9.17) is 18.0 Å². The predicted octanol–water partition coefficient (Wildman–Crippen LogP) is 1.08. The quantitative estimate of drug-likeness (QED) is 0.692. The Hall–Kier alpha value is -1.53. The van der Waals surface area contributed by atoms with Gasteiger partial charge in [-0.15, -0.1) is 0 Å². The van der Waals surface area contributed by atoms with E-state index in [1.807, 2.05) is 25.2 Å². The van der Waals surface area contributed by atoms with Crippen LogP contribution in [0, 0.1) is 0 Å². The summed E-state index contributed by atoms with van der Waals surface area (Å²) < 4.78 is 0. The van der Waals surface area contributed by atoms with Crippen molar-refractivity contribution in [3.8, 4) is 0 Å². The highest BCUT2D eigenvalue weighted by molar-refractivity contribution is 7.80. The van der Waals surface area contributed by atoms with Gasteiger partial charge in [-0.2, -0.15) is 0 Å². The largest absolute Gasteiger partial charge is 0.393 e. The third-order valence-corrected chi connectivity index (χ3v) is 3.51. The van der Waals surface area contributed by atoms with Gasteiger partial charge < -0.3 is 15.5 Å². The van der Waals surface area contributed by atoms with Gasteiger partial charge in [0.25, 0.3) is 0 Å². The summed E-state index contributed by atoms with van der Waals surface area (Å²) >= 11 is 4.81. The van der Waals surface area contributed by atoms with E-state index in [1.165, 1.54) is 0 Å². The first kappa shape index (κ1) is 17.5. The van der Waals surface area contributed by atoms with Gasteiger partial charge in [0.05, 0.1) is 4.99 Å². The maximum atomic E-state index is 11.9. The summed E-state index contributed by atoms with van der Waals surface area (Å²) in [6.07, 6.45) is 3.78. The molecule has 0 aliphatic carbocycles. The summed E-state index contributed by atoms with van der Waals surface area (Å²) in [6.45, 7) is 2.22. The van der Waals surface area contributed by atoms with Crippen molar-refractivity contribution in [2.24, 2.45) is 5.73 Å². The number of nitrogens with zero attached hydrogens (tertiary/aromatic N) is 3. The van der Waals surface area contributed by atoms with Crippen molar-refractivity contribution in [2.45, 2.75) is 19.3 Å². The zero-order valence-electron chi connectivity index (χ0n) is 12.8. The first-order chi connectivity index (χ1) is 9.99. The monoisotopic (exact) mass is 308 g/mol.